The van der Waals surface area contributed by atoms with Gasteiger partial charge >= 0.3 is 0 Å². The minimum Gasteiger partial charge on any atom is -0.288 e. The van der Waals surface area contributed by atoms with E-state index in [-0.39, 0.29) is 5.78 Å². The second kappa shape index (κ2) is 5.67. The molecule has 18 heavy (non-hydrogen) atoms. The average Bonchev–Trinajstić information content (AvgIpc) is 2.80. The Morgan fingerprint density at radius 1 is 1.50 bits per heavy atom. The number of halogens is 2. The van der Waals surface area contributed by atoms with Crippen LogP contribution in [-0.2, 0) is 6.54 Å². The fraction of sp³-hybridized carbons (Fsp3) is 0.231. The third-order valence-corrected chi connectivity index (χ3v) is 3.34. The molecule has 2 rings (SSSR count). The number of benzene rings is 1. The number of nitrogens with zero attached hydrogens (tertiary/aromatic N) is 2. The number of ketones is 1. The lowest BCUT2D eigenvalue weighted by atomic mass is 10.1. The van der Waals surface area contributed by atoms with Crippen molar-refractivity contribution in [2.75, 3.05) is 0 Å². The van der Waals surface area contributed by atoms with Crippen LogP contribution in [0.15, 0.2) is 35.1 Å². The van der Waals surface area contributed by atoms with Crippen LogP contribution in [0.1, 0.15) is 29.3 Å². The van der Waals surface area contributed by atoms with Gasteiger partial charge in [-0.25, -0.2) is 0 Å². The SMILES string of the molecule is CCCn1cc(C(=O)c2cc(Br)ccc2Cl)cn1. The monoisotopic (exact) mass is 326 g/mol. The molecule has 0 fully saturated rings. The van der Waals surface area contributed by atoms with Crippen molar-refractivity contribution in [1.29, 1.82) is 0 Å². The molecule has 0 aliphatic rings. The zero-order valence-corrected chi connectivity index (χ0v) is 12.2. The van der Waals surface area contributed by atoms with Gasteiger partial charge in [0.2, 0.25) is 0 Å². The standard InChI is InChI=1S/C13H12BrClN2O/c1-2-5-17-8-9(7-16-17)13(18)11-6-10(14)3-4-12(11)15/h3-4,6-8H,2,5H2,1H3. The van der Waals surface area contributed by atoms with Crippen LogP contribution < -0.4 is 0 Å². The summed E-state index contributed by atoms with van der Waals surface area (Å²) >= 11 is 9.38. The summed E-state index contributed by atoms with van der Waals surface area (Å²) in [5.41, 5.74) is 1.05. The van der Waals surface area contributed by atoms with E-state index in [1.807, 2.05) is 0 Å². The van der Waals surface area contributed by atoms with Gasteiger partial charge in [0.1, 0.15) is 0 Å². The molecule has 0 aliphatic heterocycles. The first kappa shape index (κ1) is 13.3. The van der Waals surface area contributed by atoms with Crippen molar-refractivity contribution in [2.45, 2.75) is 19.9 Å². The quantitative estimate of drug-likeness (QED) is 0.797. The first-order valence-electron chi connectivity index (χ1n) is 5.64. The van der Waals surface area contributed by atoms with Crippen LogP contribution >= 0.6 is 27.5 Å². The van der Waals surface area contributed by atoms with Crippen LogP contribution in [0, 0.1) is 0 Å². The smallest absolute Gasteiger partial charge is 0.197 e. The van der Waals surface area contributed by atoms with Crippen molar-refractivity contribution in [3.8, 4) is 0 Å². The number of hydrogen-bond acceptors (Lipinski definition) is 2. The van der Waals surface area contributed by atoms with Gasteiger partial charge in [-0.3, -0.25) is 9.48 Å². The molecule has 0 saturated heterocycles. The van der Waals surface area contributed by atoms with Gasteiger partial charge in [0, 0.05) is 22.8 Å². The van der Waals surface area contributed by atoms with E-state index in [1.54, 1.807) is 35.3 Å². The molecule has 94 valence electrons. The summed E-state index contributed by atoms with van der Waals surface area (Å²) < 4.78 is 2.59. The largest absolute Gasteiger partial charge is 0.288 e. The second-order valence-electron chi connectivity index (χ2n) is 3.95. The van der Waals surface area contributed by atoms with Gasteiger partial charge in [-0.1, -0.05) is 34.5 Å². The molecule has 0 spiro atoms. The molecule has 1 aromatic heterocycles. The predicted octanol–water partition coefficient (Wildman–Crippen LogP) is 3.94. The summed E-state index contributed by atoms with van der Waals surface area (Å²) in [5.74, 6) is -0.108. The fourth-order valence-electron chi connectivity index (χ4n) is 1.66. The summed E-state index contributed by atoms with van der Waals surface area (Å²) in [6.45, 7) is 2.87. The molecular formula is C13H12BrClN2O. The topological polar surface area (TPSA) is 34.9 Å². The van der Waals surface area contributed by atoms with Gasteiger partial charge < -0.3 is 0 Å². The molecule has 3 nitrogen and oxygen atoms in total. The van der Waals surface area contributed by atoms with E-state index in [0.29, 0.717) is 16.1 Å². The van der Waals surface area contributed by atoms with Crippen molar-refractivity contribution in [3.63, 3.8) is 0 Å². The molecule has 1 aromatic carbocycles. The van der Waals surface area contributed by atoms with Crippen molar-refractivity contribution >= 4 is 33.3 Å². The lowest BCUT2D eigenvalue weighted by molar-refractivity contribution is 0.103. The molecule has 5 heteroatoms. The van der Waals surface area contributed by atoms with Crippen LogP contribution in [-0.4, -0.2) is 15.6 Å². The van der Waals surface area contributed by atoms with Gasteiger partial charge in [0.25, 0.3) is 0 Å². The maximum absolute atomic E-state index is 12.3. The molecule has 0 aliphatic carbocycles. The zero-order valence-electron chi connectivity index (χ0n) is 9.86. The van der Waals surface area contributed by atoms with Gasteiger partial charge in [-0.2, -0.15) is 5.10 Å². The summed E-state index contributed by atoms with van der Waals surface area (Å²) in [4.78, 5) is 12.3. The Morgan fingerprint density at radius 3 is 3.00 bits per heavy atom. The minimum atomic E-state index is -0.108. The second-order valence-corrected chi connectivity index (χ2v) is 5.27. The van der Waals surface area contributed by atoms with Gasteiger partial charge in [0.05, 0.1) is 16.8 Å². The van der Waals surface area contributed by atoms with E-state index >= 15 is 0 Å². The summed E-state index contributed by atoms with van der Waals surface area (Å²) in [5, 5.41) is 4.60. The Labute approximate surface area is 119 Å². The van der Waals surface area contributed by atoms with Crippen LogP contribution in [0.4, 0.5) is 0 Å². The van der Waals surface area contributed by atoms with E-state index in [4.69, 9.17) is 11.6 Å². The van der Waals surface area contributed by atoms with E-state index in [9.17, 15) is 4.79 Å². The van der Waals surface area contributed by atoms with Crippen molar-refractivity contribution in [3.05, 3.63) is 51.2 Å². The van der Waals surface area contributed by atoms with Crippen molar-refractivity contribution < 1.29 is 4.79 Å². The lowest BCUT2D eigenvalue weighted by Crippen LogP contribution is -2.01. The normalized spacial score (nSPS) is 10.6. The van der Waals surface area contributed by atoms with Crippen LogP contribution in [0.25, 0.3) is 0 Å². The first-order valence-corrected chi connectivity index (χ1v) is 6.81. The number of carbonyl (C=O) groups is 1. The third-order valence-electron chi connectivity index (χ3n) is 2.52. The Hall–Kier alpha value is -1.13. The molecule has 1 heterocycles. The molecule has 0 N–H and O–H groups in total. The summed E-state index contributed by atoms with van der Waals surface area (Å²) in [6, 6.07) is 5.23. The summed E-state index contributed by atoms with van der Waals surface area (Å²) in [7, 11) is 0. The zero-order chi connectivity index (χ0) is 13.1. The summed E-state index contributed by atoms with van der Waals surface area (Å²) in [6.07, 6.45) is 4.31. The first-order chi connectivity index (χ1) is 8.61. The van der Waals surface area contributed by atoms with Crippen LogP contribution in [0.2, 0.25) is 5.02 Å². The number of hydrogen-bond donors (Lipinski definition) is 0. The van der Waals surface area contributed by atoms with Crippen LogP contribution in [0.3, 0.4) is 0 Å². The molecule has 0 bridgehead atoms. The number of carbonyl (C=O) groups excluding carboxylic acids is 1. The highest BCUT2D eigenvalue weighted by Gasteiger charge is 2.15. The average molecular weight is 328 g/mol. The van der Waals surface area contributed by atoms with Gasteiger partial charge in [-0.15, -0.1) is 0 Å². The maximum Gasteiger partial charge on any atom is 0.197 e. The Bertz CT molecular complexity index is 580. The highest BCUT2D eigenvalue weighted by atomic mass is 79.9. The molecule has 0 radical (unpaired) electrons. The maximum atomic E-state index is 12.3. The molecular weight excluding hydrogens is 316 g/mol. The number of rotatable bonds is 4. The molecule has 0 atom stereocenters. The third kappa shape index (κ3) is 2.82. The van der Waals surface area contributed by atoms with E-state index < -0.39 is 0 Å². The van der Waals surface area contributed by atoms with Crippen molar-refractivity contribution in [1.82, 2.24) is 9.78 Å². The highest BCUT2D eigenvalue weighted by Crippen LogP contribution is 2.23. The van der Waals surface area contributed by atoms with E-state index in [1.165, 1.54) is 0 Å². The Morgan fingerprint density at radius 2 is 2.28 bits per heavy atom. The van der Waals surface area contributed by atoms with Gasteiger partial charge in [0.15, 0.2) is 5.78 Å². The molecule has 0 saturated carbocycles. The van der Waals surface area contributed by atoms with E-state index in [0.717, 1.165) is 17.4 Å². The number of aryl methyl sites for hydroxylation is 1. The Kier molecular flexibility index (Phi) is 4.19. The van der Waals surface area contributed by atoms with Crippen molar-refractivity contribution in [2.24, 2.45) is 0 Å². The number of aromatic nitrogens is 2. The minimum absolute atomic E-state index is 0.108. The molecule has 0 amide bonds. The lowest BCUT2D eigenvalue weighted by Gasteiger charge is -2.02. The fourth-order valence-corrected chi connectivity index (χ4v) is 2.22. The highest BCUT2D eigenvalue weighted by molar-refractivity contribution is 9.10. The molecule has 0 unspecified atom stereocenters. The Balaban J connectivity index is 2.32. The van der Waals surface area contributed by atoms with E-state index in [2.05, 4.69) is 28.0 Å². The van der Waals surface area contributed by atoms with Gasteiger partial charge in [-0.05, 0) is 24.6 Å². The predicted molar refractivity (Wildman–Crippen MR) is 75.1 cm³/mol. The van der Waals surface area contributed by atoms with Crippen LogP contribution in [0.5, 0.6) is 0 Å². The molecule has 2 aromatic rings.